The van der Waals surface area contributed by atoms with E-state index in [1.165, 1.54) is 19.4 Å². The summed E-state index contributed by atoms with van der Waals surface area (Å²) in [5.41, 5.74) is 0.949. The zero-order chi connectivity index (χ0) is 28.7. The first-order chi connectivity index (χ1) is 17.9. The Morgan fingerprint density at radius 2 is 1.89 bits per heavy atom. The highest BCUT2D eigenvalue weighted by Crippen LogP contribution is 2.22. The number of aliphatic hydroxyl groups excluding tert-OH is 1. The van der Waals surface area contributed by atoms with Gasteiger partial charge in [0.25, 0.3) is 0 Å². The van der Waals surface area contributed by atoms with Crippen molar-refractivity contribution in [3.05, 3.63) is 71.2 Å². The number of allylic oxidation sites excluding steroid dienone is 5. The van der Waals surface area contributed by atoms with Crippen LogP contribution < -0.4 is 10.6 Å². The lowest BCUT2D eigenvalue weighted by Gasteiger charge is -2.25. The molecule has 1 heterocycles. The molecule has 4 atom stereocenters. The maximum atomic E-state index is 12.5. The standard InChI is InChI=1S/C29H41ClN2O6/c1-19(2)27(28(35)31-17-9-11-23(33)14-13-22(5)30)32-26(34)12-8-7-10-20(3)18-21(4)24-15-16-25(37-6)29(36)38-24/h7-10,12-13,16-19,21,23-24,27,33H,11,14-15H2,1-6H3,(H,31,35)(H,32,34)/b10-7-,12-8-,17-9-,20-18+,22-13+/t21-,23+,24-,27-/m0/s1. The van der Waals surface area contributed by atoms with E-state index in [9.17, 15) is 19.5 Å². The lowest BCUT2D eigenvalue weighted by molar-refractivity contribution is -0.151. The average molecular weight is 549 g/mol. The molecular formula is C29H41ClN2O6. The second kappa shape index (κ2) is 17.4. The predicted octanol–water partition coefficient (Wildman–Crippen LogP) is 4.58. The summed E-state index contributed by atoms with van der Waals surface area (Å²) in [5.74, 6) is -1.10. The van der Waals surface area contributed by atoms with Gasteiger partial charge in [-0.2, -0.15) is 0 Å². The van der Waals surface area contributed by atoms with Crippen LogP contribution in [-0.4, -0.2) is 48.2 Å². The van der Waals surface area contributed by atoms with Crippen molar-refractivity contribution in [2.75, 3.05) is 7.11 Å². The molecule has 0 fully saturated rings. The number of nitrogens with one attached hydrogen (secondary N) is 2. The fourth-order valence-corrected chi connectivity index (χ4v) is 3.64. The number of rotatable bonds is 14. The third-order valence-corrected chi connectivity index (χ3v) is 5.87. The van der Waals surface area contributed by atoms with Crippen molar-refractivity contribution in [2.45, 2.75) is 72.1 Å². The largest absolute Gasteiger partial charge is 0.490 e. The molecule has 38 heavy (non-hydrogen) atoms. The number of amides is 2. The van der Waals surface area contributed by atoms with Crippen LogP contribution in [0, 0.1) is 11.8 Å². The first-order valence-electron chi connectivity index (χ1n) is 12.7. The summed E-state index contributed by atoms with van der Waals surface area (Å²) in [4.78, 5) is 36.7. The summed E-state index contributed by atoms with van der Waals surface area (Å²) in [6.07, 6.45) is 15.6. The molecule has 0 saturated carbocycles. The van der Waals surface area contributed by atoms with Gasteiger partial charge in [0.1, 0.15) is 12.1 Å². The fraction of sp³-hybridized carbons (Fsp3) is 0.483. The summed E-state index contributed by atoms with van der Waals surface area (Å²) in [7, 11) is 1.44. The molecule has 0 aromatic carbocycles. The van der Waals surface area contributed by atoms with Crippen molar-refractivity contribution < 1.29 is 29.0 Å². The summed E-state index contributed by atoms with van der Waals surface area (Å²) >= 11 is 5.75. The highest BCUT2D eigenvalue weighted by atomic mass is 35.5. The number of hydrogen-bond acceptors (Lipinski definition) is 6. The summed E-state index contributed by atoms with van der Waals surface area (Å²) < 4.78 is 10.4. The monoisotopic (exact) mass is 548 g/mol. The molecule has 0 saturated heterocycles. The molecule has 1 aliphatic heterocycles. The maximum absolute atomic E-state index is 12.5. The Bertz CT molecular complexity index is 989. The Morgan fingerprint density at radius 3 is 2.50 bits per heavy atom. The summed E-state index contributed by atoms with van der Waals surface area (Å²) in [6.45, 7) is 9.31. The molecular weight excluding hydrogens is 508 g/mol. The molecule has 8 nitrogen and oxygen atoms in total. The number of methoxy groups -OCH3 is 1. The molecule has 0 aliphatic carbocycles. The number of halogens is 1. The van der Waals surface area contributed by atoms with Gasteiger partial charge in [0.15, 0.2) is 5.76 Å². The molecule has 1 aliphatic rings. The Morgan fingerprint density at radius 1 is 1.21 bits per heavy atom. The second-order valence-corrected chi connectivity index (χ2v) is 10.1. The van der Waals surface area contributed by atoms with Gasteiger partial charge >= 0.3 is 5.97 Å². The van der Waals surface area contributed by atoms with Crippen molar-refractivity contribution in [1.29, 1.82) is 0 Å². The van der Waals surface area contributed by atoms with E-state index in [-0.39, 0.29) is 29.6 Å². The molecule has 0 aromatic heterocycles. The molecule has 0 radical (unpaired) electrons. The molecule has 1 rings (SSSR count). The topological polar surface area (TPSA) is 114 Å². The molecule has 2 amide bonds. The lowest BCUT2D eigenvalue weighted by Crippen LogP contribution is -2.48. The van der Waals surface area contributed by atoms with Crippen molar-refractivity contribution in [3.63, 3.8) is 0 Å². The Balaban J connectivity index is 2.56. The minimum atomic E-state index is -0.721. The van der Waals surface area contributed by atoms with E-state index in [0.717, 1.165) is 5.57 Å². The van der Waals surface area contributed by atoms with Crippen molar-refractivity contribution in [3.8, 4) is 0 Å². The smallest absolute Gasteiger partial charge is 0.373 e. The Kier molecular flexibility index (Phi) is 15.1. The van der Waals surface area contributed by atoms with Crippen LogP contribution >= 0.6 is 11.6 Å². The molecule has 0 bridgehead atoms. The summed E-state index contributed by atoms with van der Waals surface area (Å²) in [5, 5.41) is 15.9. The van der Waals surface area contributed by atoms with E-state index in [1.54, 1.807) is 37.3 Å². The number of carbonyl (C=O) groups excluding carboxylic acids is 3. The van der Waals surface area contributed by atoms with Gasteiger partial charge in [0.05, 0.1) is 13.2 Å². The van der Waals surface area contributed by atoms with E-state index in [2.05, 4.69) is 10.6 Å². The van der Waals surface area contributed by atoms with Crippen LogP contribution in [0.4, 0.5) is 0 Å². The van der Waals surface area contributed by atoms with Crippen LogP contribution in [0.25, 0.3) is 0 Å². The van der Waals surface area contributed by atoms with Gasteiger partial charge in [0, 0.05) is 23.4 Å². The second-order valence-electron chi connectivity index (χ2n) is 9.50. The van der Waals surface area contributed by atoms with E-state index in [1.807, 2.05) is 39.8 Å². The first-order valence-corrected chi connectivity index (χ1v) is 13.1. The fourth-order valence-electron chi connectivity index (χ4n) is 3.55. The number of esters is 1. The van der Waals surface area contributed by atoms with Crippen LogP contribution in [0.2, 0.25) is 0 Å². The molecule has 9 heteroatoms. The van der Waals surface area contributed by atoms with Gasteiger partial charge in [-0.3, -0.25) is 9.59 Å². The van der Waals surface area contributed by atoms with E-state index in [0.29, 0.717) is 24.3 Å². The minimum absolute atomic E-state index is 0.000152. The van der Waals surface area contributed by atoms with Crippen molar-refractivity contribution >= 4 is 29.4 Å². The predicted molar refractivity (Wildman–Crippen MR) is 150 cm³/mol. The first kappa shape index (κ1) is 32.9. The average Bonchev–Trinajstić information content (AvgIpc) is 2.86. The number of ether oxygens (including phenoxy) is 2. The van der Waals surface area contributed by atoms with Crippen LogP contribution in [0.5, 0.6) is 0 Å². The lowest BCUT2D eigenvalue weighted by atomic mass is 9.97. The van der Waals surface area contributed by atoms with E-state index in [4.69, 9.17) is 21.1 Å². The van der Waals surface area contributed by atoms with Gasteiger partial charge in [-0.15, -0.1) is 0 Å². The Labute approximate surface area is 231 Å². The molecule has 3 N–H and O–H groups in total. The highest BCUT2D eigenvalue weighted by molar-refractivity contribution is 6.29. The third kappa shape index (κ3) is 12.9. The molecule has 0 spiro atoms. The van der Waals surface area contributed by atoms with Crippen LogP contribution in [0.15, 0.2) is 71.2 Å². The zero-order valence-electron chi connectivity index (χ0n) is 23.1. The van der Waals surface area contributed by atoms with Gasteiger partial charge < -0.3 is 25.2 Å². The summed E-state index contributed by atoms with van der Waals surface area (Å²) in [6, 6.07) is -0.721. The van der Waals surface area contributed by atoms with Crippen LogP contribution in [-0.2, 0) is 23.9 Å². The quantitative estimate of drug-likeness (QED) is 0.166. The Hall–Kier alpha value is -3.10. The van der Waals surface area contributed by atoms with Gasteiger partial charge in [-0.1, -0.05) is 74.4 Å². The SMILES string of the molecule is COC1=CC[C@@H]([C@@H](C)/C=C(C)/C=C\C=C/C(=O)N[C@H](C(=O)N/C=C\C[C@@H](O)C/C=C(\C)Cl)C(C)C)OC1=O. The van der Waals surface area contributed by atoms with Crippen molar-refractivity contribution in [1.82, 2.24) is 10.6 Å². The van der Waals surface area contributed by atoms with E-state index < -0.39 is 24.0 Å². The third-order valence-electron chi connectivity index (χ3n) is 5.71. The highest BCUT2D eigenvalue weighted by Gasteiger charge is 2.27. The number of aliphatic hydroxyl groups is 1. The molecule has 0 aromatic rings. The normalized spacial score (nSPS) is 19.4. The number of carbonyl (C=O) groups is 3. The minimum Gasteiger partial charge on any atom is -0.490 e. The van der Waals surface area contributed by atoms with E-state index >= 15 is 0 Å². The van der Waals surface area contributed by atoms with Gasteiger partial charge in [-0.05, 0) is 44.9 Å². The number of cyclic esters (lactones) is 1. The molecule has 210 valence electrons. The van der Waals surface area contributed by atoms with Gasteiger partial charge in [0.2, 0.25) is 11.8 Å². The maximum Gasteiger partial charge on any atom is 0.373 e. The van der Waals surface area contributed by atoms with Gasteiger partial charge in [-0.25, -0.2) is 4.79 Å². The number of hydrogen-bond donors (Lipinski definition) is 3. The van der Waals surface area contributed by atoms with Crippen LogP contribution in [0.3, 0.4) is 0 Å². The zero-order valence-corrected chi connectivity index (χ0v) is 23.8. The molecule has 0 unspecified atom stereocenters. The van der Waals surface area contributed by atoms with Crippen molar-refractivity contribution in [2.24, 2.45) is 11.8 Å². The van der Waals surface area contributed by atoms with Crippen LogP contribution in [0.1, 0.15) is 53.9 Å².